The maximum Gasteiger partial charge on any atom is 0.259 e. The number of carbonyl (C=O) groups is 1. The van der Waals surface area contributed by atoms with Crippen molar-refractivity contribution in [3.05, 3.63) is 42.1 Å². The van der Waals surface area contributed by atoms with E-state index in [1.165, 1.54) is 10.5 Å². The molecule has 0 aliphatic carbocycles. The van der Waals surface area contributed by atoms with E-state index in [-0.39, 0.29) is 23.9 Å². The van der Waals surface area contributed by atoms with E-state index in [1.807, 2.05) is 6.92 Å². The Morgan fingerprint density at radius 2 is 1.96 bits per heavy atom. The van der Waals surface area contributed by atoms with Gasteiger partial charge in [-0.3, -0.25) is 9.48 Å². The molecule has 1 aliphatic rings. The van der Waals surface area contributed by atoms with Crippen molar-refractivity contribution in [1.82, 2.24) is 33.6 Å². The second-order valence-corrected chi connectivity index (χ2v) is 8.48. The second-order valence-electron chi connectivity index (χ2n) is 6.58. The molecule has 148 valence electrons. The van der Waals surface area contributed by atoms with Crippen LogP contribution in [0.4, 0.5) is 0 Å². The van der Waals surface area contributed by atoms with Gasteiger partial charge in [-0.25, -0.2) is 17.9 Å². The monoisotopic (exact) mass is 403 g/mol. The molecule has 4 rings (SSSR count). The number of hydrogen-bond donors (Lipinski definition) is 0. The molecule has 28 heavy (non-hydrogen) atoms. The first-order valence-corrected chi connectivity index (χ1v) is 10.5. The molecule has 1 saturated heterocycles. The first-order valence-electron chi connectivity index (χ1n) is 9.03. The van der Waals surface area contributed by atoms with Gasteiger partial charge in [0.1, 0.15) is 10.5 Å². The molecule has 1 aliphatic heterocycles. The van der Waals surface area contributed by atoms with Gasteiger partial charge in [0.15, 0.2) is 5.65 Å². The lowest BCUT2D eigenvalue weighted by Gasteiger charge is -2.33. The minimum absolute atomic E-state index is 0.194. The lowest BCUT2D eigenvalue weighted by atomic mass is 10.2. The molecular formula is C17H21N7O3S. The van der Waals surface area contributed by atoms with Gasteiger partial charge < -0.3 is 4.90 Å². The summed E-state index contributed by atoms with van der Waals surface area (Å²) in [5.41, 5.74) is 1.39. The molecule has 3 aromatic heterocycles. The Morgan fingerprint density at radius 3 is 2.64 bits per heavy atom. The highest BCUT2D eigenvalue weighted by atomic mass is 32.2. The third-order valence-electron chi connectivity index (χ3n) is 4.88. The molecule has 0 atom stereocenters. The van der Waals surface area contributed by atoms with Gasteiger partial charge in [-0.2, -0.15) is 14.5 Å². The zero-order valence-corrected chi connectivity index (χ0v) is 16.5. The van der Waals surface area contributed by atoms with Gasteiger partial charge >= 0.3 is 0 Å². The van der Waals surface area contributed by atoms with Gasteiger partial charge in [0.2, 0.25) is 10.0 Å². The van der Waals surface area contributed by atoms with Crippen LogP contribution in [-0.2, 0) is 16.6 Å². The van der Waals surface area contributed by atoms with Crippen molar-refractivity contribution >= 4 is 21.6 Å². The van der Waals surface area contributed by atoms with Crippen molar-refractivity contribution in [2.45, 2.75) is 25.3 Å². The summed E-state index contributed by atoms with van der Waals surface area (Å²) >= 11 is 0. The Bertz CT molecular complexity index is 1130. The van der Waals surface area contributed by atoms with E-state index in [1.54, 1.807) is 45.7 Å². The number of amides is 1. The van der Waals surface area contributed by atoms with Crippen LogP contribution in [0, 0.1) is 6.92 Å². The Morgan fingerprint density at radius 1 is 1.21 bits per heavy atom. The Balaban J connectivity index is 1.50. The van der Waals surface area contributed by atoms with E-state index in [4.69, 9.17) is 0 Å². The minimum atomic E-state index is -3.64. The van der Waals surface area contributed by atoms with Crippen molar-refractivity contribution in [1.29, 1.82) is 0 Å². The molecule has 0 bridgehead atoms. The fourth-order valence-corrected chi connectivity index (χ4v) is 4.93. The molecule has 0 spiro atoms. The molecular weight excluding hydrogens is 382 g/mol. The van der Waals surface area contributed by atoms with Crippen LogP contribution in [0.1, 0.15) is 23.0 Å². The zero-order chi connectivity index (χ0) is 19.9. The predicted molar refractivity (Wildman–Crippen MR) is 100 cm³/mol. The molecule has 10 nitrogen and oxygen atoms in total. The molecule has 1 amide bonds. The number of aromatic nitrogens is 5. The summed E-state index contributed by atoms with van der Waals surface area (Å²) in [4.78, 5) is 18.9. The van der Waals surface area contributed by atoms with E-state index >= 15 is 0 Å². The molecule has 0 unspecified atom stereocenters. The fraction of sp³-hybridized carbons (Fsp3) is 0.412. The van der Waals surface area contributed by atoms with Gasteiger partial charge in [-0.15, -0.1) is 0 Å². The van der Waals surface area contributed by atoms with Crippen LogP contribution in [0.15, 0.2) is 35.7 Å². The smallest absolute Gasteiger partial charge is 0.259 e. The van der Waals surface area contributed by atoms with Crippen LogP contribution in [0.5, 0.6) is 0 Å². The Labute approximate surface area is 162 Å². The van der Waals surface area contributed by atoms with Crippen LogP contribution in [0.2, 0.25) is 0 Å². The first-order chi connectivity index (χ1) is 13.4. The van der Waals surface area contributed by atoms with Crippen molar-refractivity contribution in [3.8, 4) is 0 Å². The van der Waals surface area contributed by atoms with Gasteiger partial charge in [-0.1, -0.05) is 0 Å². The number of piperazine rings is 1. The average molecular weight is 403 g/mol. The van der Waals surface area contributed by atoms with Crippen molar-refractivity contribution in [2.24, 2.45) is 0 Å². The lowest BCUT2D eigenvalue weighted by molar-refractivity contribution is 0.0699. The molecule has 3 aromatic rings. The summed E-state index contributed by atoms with van der Waals surface area (Å²) in [6.07, 6.45) is 6.39. The summed E-state index contributed by atoms with van der Waals surface area (Å²) in [6, 6.07) is 1.74. The van der Waals surface area contributed by atoms with Gasteiger partial charge in [0, 0.05) is 51.3 Å². The minimum Gasteiger partial charge on any atom is -0.336 e. The van der Waals surface area contributed by atoms with Crippen molar-refractivity contribution < 1.29 is 13.2 Å². The summed E-state index contributed by atoms with van der Waals surface area (Å²) in [6.45, 7) is 5.28. The molecule has 0 aromatic carbocycles. The van der Waals surface area contributed by atoms with Crippen LogP contribution >= 0.6 is 0 Å². The summed E-state index contributed by atoms with van der Waals surface area (Å²) in [7, 11) is -3.64. The highest BCUT2D eigenvalue weighted by Crippen LogP contribution is 2.21. The number of carbonyl (C=O) groups excluding carboxylic acids is 1. The largest absolute Gasteiger partial charge is 0.336 e. The molecule has 0 saturated carbocycles. The van der Waals surface area contributed by atoms with Gasteiger partial charge in [0.05, 0.1) is 11.9 Å². The van der Waals surface area contributed by atoms with Crippen molar-refractivity contribution in [2.75, 3.05) is 26.2 Å². The van der Waals surface area contributed by atoms with Gasteiger partial charge in [-0.05, 0) is 19.9 Å². The highest BCUT2D eigenvalue weighted by molar-refractivity contribution is 7.89. The normalized spacial score (nSPS) is 16.0. The number of nitrogens with zero attached hydrogens (tertiary/aromatic N) is 7. The fourth-order valence-electron chi connectivity index (χ4n) is 3.33. The van der Waals surface area contributed by atoms with Crippen LogP contribution in [0.3, 0.4) is 0 Å². The highest BCUT2D eigenvalue weighted by Gasteiger charge is 2.33. The predicted octanol–water partition coefficient (Wildman–Crippen LogP) is 0.401. The maximum absolute atomic E-state index is 13.0. The van der Waals surface area contributed by atoms with Gasteiger partial charge in [0.25, 0.3) is 5.91 Å². The molecule has 1 fully saturated rings. The SMILES string of the molecule is CCn1cc(S(=O)(=O)N2CCN(C(=O)c3cnn4cccnc34)CC2)c(C)n1. The molecule has 11 heteroatoms. The van der Waals surface area contributed by atoms with Crippen LogP contribution < -0.4 is 0 Å². The first kappa shape index (κ1) is 18.6. The number of rotatable bonds is 4. The maximum atomic E-state index is 13.0. The summed E-state index contributed by atoms with van der Waals surface area (Å²) in [5.74, 6) is -0.194. The average Bonchev–Trinajstić information content (AvgIpc) is 3.31. The number of sulfonamides is 1. The Kier molecular flexibility index (Phi) is 4.63. The summed E-state index contributed by atoms with van der Waals surface area (Å²) < 4.78 is 30.5. The van der Waals surface area contributed by atoms with Crippen molar-refractivity contribution in [3.63, 3.8) is 0 Å². The Hall–Kier alpha value is -2.79. The number of fused-ring (bicyclic) bond motifs is 1. The van der Waals surface area contributed by atoms with E-state index in [9.17, 15) is 13.2 Å². The third kappa shape index (κ3) is 3.06. The number of aryl methyl sites for hydroxylation is 2. The quantitative estimate of drug-likeness (QED) is 0.624. The number of hydrogen-bond acceptors (Lipinski definition) is 6. The topological polar surface area (TPSA) is 106 Å². The summed E-state index contributed by atoms with van der Waals surface area (Å²) in [5, 5.41) is 8.37. The second kappa shape index (κ2) is 6.99. The third-order valence-corrected chi connectivity index (χ3v) is 6.88. The zero-order valence-electron chi connectivity index (χ0n) is 15.7. The van der Waals surface area contributed by atoms with Crippen LogP contribution in [0.25, 0.3) is 5.65 Å². The molecule has 0 N–H and O–H groups in total. The lowest BCUT2D eigenvalue weighted by Crippen LogP contribution is -2.50. The van der Waals surface area contributed by atoms with Crippen LogP contribution in [-0.4, -0.2) is 74.1 Å². The van der Waals surface area contributed by atoms with E-state index < -0.39 is 10.0 Å². The molecule has 0 radical (unpaired) electrons. The van der Waals surface area contributed by atoms with E-state index in [2.05, 4.69) is 15.2 Å². The molecule has 4 heterocycles. The van der Waals surface area contributed by atoms with E-state index in [0.29, 0.717) is 36.5 Å². The standard InChI is InChI=1S/C17H21N7O3S/c1-3-22-12-15(13(2)20-22)28(26,27)23-9-7-21(8-10-23)17(25)14-11-19-24-6-4-5-18-16(14)24/h4-6,11-12H,3,7-10H2,1-2H3. The van der Waals surface area contributed by atoms with E-state index in [0.717, 1.165) is 0 Å².